The van der Waals surface area contributed by atoms with E-state index in [0.29, 0.717) is 30.4 Å². The molecule has 0 aliphatic heterocycles. The molecule has 0 fully saturated rings. The van der Waals surface area contributed by atoms with Gasteiger partial charge in [-0.2, -0.15) is 4.80 Å². The van der Waals surface area contributed by atoms with E-state index in [1.807, 2.05) is 19.1 Å². The molecule has 1 amide bonds. The predicted octanol–water partition coefficient (Wildman–Crippen LogP) is 2.10. The molecule has 124 valence electrons. The highest BCUT2D eigenvalue weighted by Gasteiger charge is 2.21. The van der Waals surface area contributed by atoms with Crippen LogP contribution in [0, 0.1) is 0 Å². The topological polar surface area (TPSA) is 81.9 Å². The third kappa shape index (κ3) is 4.74. The smallest absolute Gasteiger partial charge is 0.246 e. The molecule has 0 radical (unpaired) electrons. The van der Waals surface area contributed by atoms with Gasteiger partial charge in [-0.1, -0.05) is 18.5 Å². The number of methoxy groups -OCH3 is 1. The summed E-state index contributed by atoms with van der Waals surface area (Å²) in [6, 6.07) is 6.67. The van der Waals surface area contributed by atoms with Crippen LogP contribution in [-0.2, 0) is 9.53 Å². The van der Waals surface area contributed by atoms with Gasteiger partial charge in [-0.3, -0.25) is 4.79 Å². The summed E-state index contributed by atoms with van der Waals surface area (Å²) < 4.78 is 4.96. The number of ether oxygens (including phenoxy) is 1. The Balaban J connectivity index is 2.04. The Morgan fingerprint density at radius 1 is 1.39 bits per heavy atom. The molecule has 8 heteroatoms. The second-order valence-corrected chi connectivity index (χ2v) is 5.44. The zero-order valence-corrected chi connectivity index (χ0v) is 14.0. The Bertz CT molecular complexity index is 629. The molecular weight excluding hydrogens is 318 g/mol. The van der Waals surface area contributed by atoms with Gasteiger partial charge < -0.3 is 10.1 Å². The molecule has 1 atom stereocenters. The highest BCUT2D eigenvalue weighted by atomic mass is 35.5. The second-order valence-electron chi connectivity index (χ2n) is 5.00. The summed E-state index contributed by atoms with van der Waals surface area (Å²) in [5.74, 6) is 0.343. The molecule has 2 rings (SSSR count). The number of carbonyl (C=O) groups is 1. The van der Waals surface area contributed by atoms with Crippen LogP contribution in [-0.4, -0.2) is 46.4 Å². The molecule has 1 unspecified atom stereocenters. The fraction of sp³-hybridized carbons (Fsp3) is 0.467. The van der Waals surface area contributed by atoms with Crippen LogP contribution in [0.4, 0.5) is 0 Å². The van der Waals surface area contributed by atoms with Crippen LogP contribution in [0.3, 0.4) is 0 Å². The van der Waals surface area contributed by atoms with Crippen molar-refractivity contribution in [3.05, 3.63) is 29.3 Å². The molecule has 1 aromatic heterocycles. The van der Waals surface area contributed by atoms with Crippen molar-refractivity contribution in [2.75, 3.05) is 20.3 Å². The Labute approximate surface area is 140 Å². The van der Waals surface area contributed by atoms with Crippen LogP contribution in [0.25, 0.3) is 11.4 Å². The summed E-state index contributed by atoms with van der Waals surface area (Å²) in [4.78, 5) is 13.6. The van der Waals surface area contributed by atoms with E-state index in [0.717, 1.165) is 12.0 Å². The minimum atomic E-state index is -0.480. The largest absolute Gasteiger partial charge is 0.385 e. The number of amides is 1. The van der Waals surface area contributed by atoms with Crippen LogP contribution in [0.5, 0.6) is 0 Å². The molecule has 0 bridgehead atoms. The van der Waals surface area contributed by atoms with Crippen molar-refractivity contribution in [1.29, 1.82) is 0 Å². The summed E-state index contributed by atoms with van der Waals surface area (Å²) in [7, 11) is 1.63. The number of halogens is 1. The third-order valence-corrected chi connectivity index (χ3v) is 3.58. The highest BCUT2D eigenvalue weighted by Crippen LogP contribution is 2.18. The molecule has 1 N–H and O–H groups in total. The Morgan fingerprint density at radius 2 is 2.13 bits per heavy atom. The Hall–Kier alpha value is -1.99. The fourth-order valence-corrected chi connectivity index (χ4v) is 2.20. The lowest BCUT2D eigenvalue weighted by Crippen LogP contribution is -2.34. The van der Waals surface area contributed by atoms with E-state index in [9.17, 15) is 4.79 Å². The van der Waals surface area contributed by atoms with Gasteiger partial charge in [0, 0.05) is 30.8 Å². The van der Waals surface area contributed by atoms with Crippen molar-refractivity contribution in [1.82, 2.24) is 25.5 Å². The molecule has 7 nitrogen and oxygen atoms in total. The van der Waals surface area contributed by atoms with Gasteiger partial charge in [0.2, 0.25) is 11.7 Å². The number of hydrogen-bond donors (Lipinski definition) is 1. The monoisotopic (exact) mass is 337 g/mol. The van der Waals surface area contributed by atoms with Gasteiger partial charge in [0.25, 0.3) is 0 Å². The van der Waals surface area contributed by atoms with Gasteiger partial charge in [-0.05, 0) is 42.3 Å². The lowest BCUT2D eigenvalue weighted by atomic mass is 10.2. The number of carbonyl (C=O) groups excluding carboxylic acids is 1. The summed E-state index contributed by atoms with van der Waals surface area (Å²) in [6.45, 7) is 3.08. The first-order chi connectivity index (χ1) is 11.2. The van der Waals surface area contributed by atoms with Gasteiger partial charge in [-0.25, -0.2) is 0 Å². The zero-order valence-electron chi connectivity index (χ0n) is 13.2. The predicted molar refractivity (Wildman–Crippen MR) is 87.1 cm³/mol. The number of hydrogen-bond acceptors (Lipinski definition) is 5. The maximum atomic E-state index is 12.2. The lowest BCUT2D eigenvalue weighted by molar-refractivity contribution is -0.125. The average molecular weight is 338 g/mol. The van der Waals surface area contributed by atoms with E-state index in [1.165, 1.54) is 4.80 Å². The maximum Gasteiger partial charge on any atom is 0.246 e. The van der Waals surface area contributed by atoms with Gasteiger partial charge >= 0.3 is 0 Å². The minimum absolute atomic E-state index is 0.122. The normalized spacial score (nSPS) is 12.1. The van der Waals surface area contributed by atoms with E-state index < -0.39 is 6.04 Å². The summed E-state index contributed by atoms with van der Waals surface area (Å²) >= 11 is 5.87. The van der Waals surface area contributed by atoms with Crippen LogP contribution in [0.2, 0.25) is 5.02 Å². The quantitative estimate of drug-likeness (QED) is 0.746. The second kappa shape index (κ2) is 8.59. The molecule has 23 heavy (non-hydrogen) atoms. The SMILES string of the molecule is CCC(C(=O)NCCCOC)n1nnc(-c2ccc(Cl)cc2)n1. The molecule has 0 spiro atoms. The average Bonchev–Trinajstić information content (AvgIpc) is 3.02. The lowest BCUT2D eigenvalue weighted by Gasteiger charge is -2.13. The molecular formula is C15H20ClN5O2. The van der Waals surface area contributed by atoms with E-state index in [1.54, 1.807) is 19.2 Å². The summed E-state index contributed by atoms with van der Waals surface area (Å²) in [5.41, 5.74) is 0.802. The summed E-state index contributed by atoms with van der Waals surface area (Å²) in [6.07, 6.45) is 1.34. The van der Waals surface area contributed by atoms with E-state index >= 15 is 0 Å². The van der Waals surface area contributed by atoms with Crippen LogP contribution in [0.15, 0.2) is 24.3 Å². The number of tetrazole rings is 1. The van der Waals surface area contributed by atoms with Crippen molar-refractivity contribution in [3.63, 3.8) is 0 Å². The Kier molecular flexibility index (Phi) is 6.49. The molecule has 0 saturated heterocycles. The number of nitrogens with one attached hydrogen (secondary N) is 1. The van der Waals surface area contributed by atoms with Crippen molar-refractivity contribution < 1.29 is 9.53 Å². The first-order valence-corrected chi connectivity index (χ1v) is 7.85. The Morgan fingerprint density at radius 3 is 2.78 bits per heavy atom. The van der Waals surface area contributed by atoms with Gasteiger partial charge in [0.05, 0.1) is 0 Å². The minimum Gasteiger partial charge on any atom is -0.385 e. The fourth-order valence-electron chi connectivity index (χ4n) is 2.07. The van der Waals surface area contributed by atoms with E-state index in [4.69, 9.17) is 16.3 Å². The zero-order chi connectivity index (χ0) is 16.7. The van der Waals surface area contributed by atoms with Crippen molar-refractivity contribution in [3.8, 4) is 11.4 Å². The number of aromatic nitrogens is 4. The first kappa shape index (κ1) is 17.4. The number of benzene rings is 1. The molecule has 1 aromatic carbocycles. The molecule has 0 saturated carbocycles. The van der Waals surface area contributed by atoms with E-state index in [2.05, 4.69) is 20.7 Å². The first-order valence-electron chi connectivity index (χ1n) is 7.47. The van der Waals surface area contributed by atoms with Crippen LogP contribution in [0.1, 0.15) is 25.8 Å². The number of nitrogens with zero attached hydrogens (tertiary/aromatic N) is 4. The summed E-state index contributed by atoms with van der Waals surface area (Å²) in [5, 5.41) is 15.8. The maximum absolute atomic E-state index is 12.2. The molecule has 0 aliphatic carbocycles. The number of rotatable bonds is 8. The third-order valence-electron chi connectivity index (χ3n) is 3.32. The van der Waals surface area contributed by atoms with Crippen LogP contribution >= 0.6 is 11.6 Å². The van der Waals surface area contributed by atoms with Crippen molar-refractivity contribution >= 4 is 17.5 Å². The molecule has 0 aliphatic rings. The van der Waals surface area contributed by atoms with E-state index in [-0.39, 0.29) is 5.91 Å². The van der Waals surface area contributed by atoms with Gasteiger partial charge in [0.15, 0.2) is 6.04 Å². The molecule has 1 heterocycles. The van der Waals surface area contributed by atoms with Crippen molar-refractivity contribution in [2.24, 2.45) is 0 Å². The highest BCUT2D eigenvalue weighted by molar-refractivity contribution is 6.30. The standard InChI is InChI=1S/C15H20ClN5O2/c1-3-13(15(22)17-9-4-10-23-2)21-19-14(18-20-21)11-5-7-12(16)8-6-11/h5-8,13H,3-4,9-10H2,1-2H3,(H,17,22). The molecule has 2 aromatic rings. The van der Waals surface area contributed by atoms with Crippen LogP contribution < -0.4 is 5.32 Å². The van der Waals surface area contributed by atoms with Crippen molar-refractivity contribution in [2.45, 2.75) is 25.8 Å². The van der Waals surface area contributed by atoms with Gasteiger partial charge in [0.1, 0.15) is 0 Å². The van der Waals surface area contributed by atoms with Gasteiger partial charge in [-0.15, -0.1) is 10.2 Å².